The van der Waals surface area contributed by atoms with Crippen LogP contribution in [0.1, 0.15) is 18.1 Å². The average molecular weight is 422 g/mol. The maximum absolute atomic E-state index is 13.2. The highest BCUT2D eigenvalue weighted by Gasteiger charge is 2.49. The molecule has 0 spiro atoms. The van der Waals surface area contributed by atoms with Gasteiger partial charge in [0.05, 0.1) is 0 Å². The minimum absolute atomic E-state index is 0.140. The molecule has 0 aliphatic carbocycles. The van der Waals surface area contributed by atoms with Crippen molar-refractivity contribution < 1.29 is 18.8 Å². The summed E-state index contributed by atoms with van der Waals surface area (Å²) in [4.78, 5) is 42.9. The zero-order valence-electron chi connectivity index (χ0n) is 16.6. The number of benzene rings is 1. The van der Waals surface area contributed by atoms with Crippen LogP contribution in [-0.2, 0) is 21.7 Å². The van der Waals surface area contributed by atoms with Gasteiger partial charge in [-0.2, -0.15) is 5.10 Å². The van der Waals surface area contributed by atoms with Crippen molar-refractivity contribution in [2.24, 2.45) is 0 Å². The van der Waals surface area contributed by atoms with Crippen LogP contribution in [-0.4, -0.2) is 44.1 Å². The Morgan fingerprint density at radius 2 is 1.94 bits per heavy atom. The first kappa shape index (κ1) is 20.2. The van der Waals surface area contributed by atoms with Crippen molar-refractivity contribution in [1.82, 2.24) is 30.3 Å². The van der Waals surface area contributed by atoms with Crippen LogP contribution in [0.3, 0.4) is 0 Å². The summed E-state index contributed by atoms with van der Waals surface area (Å²) in [5.41, 5.74) is -0.232. The van der Waals surface area contributed by atoms with Gasteiger partial charge in [0, 0.05) is 30.7 Å². The van der Waals surface area contributed by atoms with Gasteiger partial charge in [0.15, 0.2) is 5.82 Å². The average Bonchev–Trinajstić information content (AvgIpc) is 3.37. The Hall–Kier alpha value is -4.08. The molecule has 158 valence electrons. The van der Waals surface area contributed by atoms with E-state index in [9.17, 15) is 18.8 Å². The van der Waals surface area contributed by atoms with Crippen LogP contribution in [0.15, 0.2) is 61.1 Å². The van der Waals surface area contributed by atoms with Gasteiger partial charge in [0.1, 0.15) is 17.9 Å². The highest BCUT2D eigenvalue weighted by atomic mass is 19.1. The van der Waals surface area contributed by atoms with Gasteiger partial charge in [-0.3, -0.25) is 14.5 Å². The Labute approximate surface area is 176 Å². The number of nitrogens with zero attached hydrogens (tertiary/aromatic N) is 4. The molecule has 31 heavy (non-hydrogen) atoms. The Kier molecular flexibility index (Phi) is 5.20. The Bertz CT molecular complexity index is 1130. The lowest BCUT2D eigenvalue weighted by molar-refractivity contribution is -0.134. The molecular formula is C21H19FN6O3. The summed E-state index contributed by atoms with van der Waals surface area (Å²) >= 11 is 0. The van der Waals surface area contributed by atoms with E-state index < -0.39 is 35.7 Å². The lowest BCUT2D eigenvalue weighted by Gasteiger charge is -2.22. The molecular weight excluding hydrogens is 403 g/mol. The number of rotatable bonds is 6. The zero-order valence-corrected chi connectivity index (χ0v) is 16.6. The molecule has 3 aromatic rings. The summed E-state index contributed by atoms with van der Waals surface area (Å²) < 4.78 is 14.8. The first-order chi connectivity index (χ1) is 14.9. The van der Waals surface area contributed by atoms with Gasteiger partial charge in [-0.25, -0.2) is 18.9 Å². The van der Waals surface area contributed by atoms with Crippen molar-refractivity contribution in [2.45, 2.75) is 19.0 Å². The Morgan fingerprint density at radius 1 is 1.16 bits per heavy atom. The molecule has 1 saturated heterocycles. The third-order valence-corrected chi connectivity index (χ3v) is 5.06. The number of nitrogens with one attached hydrogen (secondary N) is 2. The van der Waals surface area contributed by atoms with Crippen molar-refractivity contribution in [3.8, 4) is 5.82 Å². The van der Waals surface area contributed by atoms with E-state index in [1.807, 2.05) is 0 Å². The summed E-state index contributed by atoms with van der Waals surface area (Å²) in [5, 5.41) is 9.43. The molecule has 2 aromatic heterocycles. The molecule has 0 radical (unpaired) electrons. The number of hydrogen-bond acceptors (Lipinski definition) is 5. The molecule has 1 fully saturated rings. The Balaban J connectivity index is 1.43. The van der Waals surface area contributed by atoms with Gasteiger partial charge in [-0.05, 0) is 36.8 Å². The third-order valence-electron chi connectivity index (χ3n) is 5.06. The number of carbonyl (C=O) groups excluding carboxylic acids is 3. The topological polar surface area (TPSA) is 109 Å². The number of imide groups is 1. The smallest absolute Gasteiger partial charge is 0.325 e. The van der Waals surface area contributed by atoms with Gasteiger partial charge in [0.25, 0.3) is 5.91 Å². The number of pyridine rings is 1. The standard InChI is InChI=1S/C21H19FN6O3/c1-21(15-5-7-16(22)8-6-15)19(30)27(20(31)26-21)13-17(29)24-12-14-4-2-9-23-18(14)28-11-3-10-25-28/h2-11H,12-13H2,1H3,(H,24,29)(H,26,31). The summed E-state index contributed by atoms with van der Waals surface area (Å²) in [6.45, 7) is 1.21. The lowest BCUT2D eigenvalue weighted by Crippen LogP contribution is -2.43. The zero-order chi connectivity index (χ0) is 22.0. The molecule has 4 amide bonds. The van der Waals surface area contributed by atoms with E-state index in [0.29, 0.717) is 16.9 Å². The molecule has 9 nitrogen and oxygen atoms in total. The summed E-state index contributed by atoms with van der Waals surface area (Å²) in [5.74, 6) is -0.989. The van der Waals surface area contributed by atoms with Gasteiger partial charge >= 0.3 is 6.03 Å². The van der Waals surface area contributed by atoms with E-state index in [0.717, 1.165) is 4.90 Å². The maximum atomic E-state index is 13.2. The number of aromatic nitrogens is 3. The summed E-state index contributed by atoms with van der Waals surface area (Å²) in [7, 11) is 0. The van der Waals surface area contributed by atoms with Crippen LogP contribution in [0, 0.1) is 5.82 Å². The monoisotopic (exact) mass is 422 g/mol. The number of amides is 4. The van der Waals surface area contributed by atoms with Crippen molar-refractivity contribution >= 4 is 17.8 Å². The molecule has 1 aromatic carbocycles. The minimum Gasteiger partial charge on any atom is -0.350 e. The van der Waals surface area contributed by atoms with Gasteiger partial charge in [-0.1, -0.05) is 18.2 Å². The molecule has 0 saturated carbocycles. The maximum Gasteiger partial charge on any atom is 0.325 e. The molecule has 4 rings (SSSR count). The number of urea groups is 1. The molecule has 1 atom stereocenters. The highest BCUT2D eigenvalue weighted by Crippen LogP contribution is 2.28. The van der Waals surface area contributed by atoms with Gasteiger partial charge in [0.2, 0.25) is 5.91 Å². The fourth-order valence-electron chi connectivity index (χ4n) is 3.38. The summed E-state index contributed by atoms with van der Waals surface area (Å²) in [6, 6.07) is 9.87. The second-order valence-corrected chi connectivity index (χ2v) is 7.17. The van der Waals surface area contributed by atoms with Crippen molar-refractivity contribution in [3.05, 3.63) is 78.0 Å². The van der Waals surface area contributed by atoms with Crippen molar-refractivity contribution in [1.29, 1.82) is 0 Å². The molecule has 10 heteroatoms. The fraction of sp³-hybridized carbons (Fsp3) is 0.190. The molecule has 1 aliphatic rings. The van der Waals surface area contributed by atoms with Crippen LogP contribution in [0.2, 0.25) is 0 Å². The molecule has 3 heterocycles. The quantitative estimate of drug-likeness (QED) is 0.585. The second-order valence-electron chi connectivity index (χ2n) is 7.17. The molecule has 1 aliphatic heterocycles. The Morgan fingerprint density at radius 3 is 2.65 bits per heavy atom. The third kappa shape index (κ3) is 3.87. The normalized spacial score (nSPS) is 18.2. The SMILES string of the molecule is CC1(c2ccc(F)cc2)NC(=O)N(CC(=O)NCc2cccnc2-n2cccn2)C1=O. The van der Waals surface area contributed by atoms with Gasteiger partial charge in [-0.15, -0.1) is 0 Å². The highest BCUT2D eigenvalue weighted by molar-refractivity contribution is 6.09. The largest absolute Gasteiger partial charge is 0.350 e. The fourth-order valence-corrected chi connectivity index (χ4v) is 3.38. The minimum atomic E-state index is -1.37. The van der Waals surface area contributed by atoms with E-state index in [1.165, 1.54) is 31.2 Å². The molecule has 0 bridgehead atoms. The van der Waals surface area contributed by atoms with Crippen molar-refractivity contribution in [3.63, 3.8) is 0 Å². The van der Waals surface area contributed by atoms with E-state index in [1.54, 1.807) is 41.5 Å². The van der Waals surface area contributed by atoms with Crippen LogP contribution in [0.25, 0.3) is 5.82 Å². The first-order valence-corrected chi connectivity index (χ1v) is 9.49. The number of carbonyl (C=O) groups is 3. The second kappa shape index (κ2) is 7.98. The van der Waals surface area contributed by atoms with Crippen LogP contribution in [0.5, 0.6) is 0 Å². The van der Waals surface area contributed by atoms with Crippen LogP contribution < -0.4 is 10.6 Å². The number of hydrogen-bond donors (Lipinski definition) is 2. The van der Waals surface area contributed by atoms with Crippen LogP contribution >= 0.6 is 0 Å². The summed E-state index contributed by atoms with van der Waals surface area (Å²) in [6.07, 6.45) is 4.97. The predicted molar refractivity (Wildman–Crippen MR) is 107 cm³/mol. The van der Waals surface area contributed by atoms with Crippen molar-refractivity contribution in [2.75, 3.05) is 6.54 Å². The van der Waals surface area contributed by atoms with E-state index in [4.69, 9.17) is 0 Å². The number of halogens is 1. The molecule has 1 unspecified atom stereocenters. The van der Waals surface area contributed by atoms with E-state index in [2.05, 4.69) is 20.7 Å². The van der Waals surface area contributed by atoms with Gasteiger partial charge < -0.3 is 10.6 Å². The lowest BCUT2D eigenvalue weighted by atomic mass is 9.92. The van der Waals surface area contributed by atoms with E-state index >= 15 is 0 Å². The van der Waals surface area contributed by atoms with Crippen LogP contribution in [0.4, 0.5) is 9.18 Å². The molecule has 2 N–H and O–H groups in total. The van der Waals surface area contributed by atoms with E-state index in [-0.39, 0.29) is 6.54 Å². The first-order valence-electron chi connectivity index (χ1n) is 9.49. The predicted octanol–water partition coefficient (Wildman–Crippen LogP) is 1.49.